The molecule has 1 N–H and O–H groups in total. The fraction of sp³-hybridized carbons (Fsp3) is 0.350. The second kappa shape index (κ2) is 7.41. The van der Waals surface area contributed by atoms with E-state index in [0.717, 1.165) is 17.0 Å². The van der Waals surface area contributed by atoms with Crippen LogP contribution in [0.4, 0.5) is 5.13 Å². The quantitative estimate of drug-likeness (QED) is 0.667. The number of thiazole rings is 1. The van der Waals surface area contributed by atoms with E-state index in [2.05, 4.69) is 53.5 Å². The van der Waals surface area contributed by atoms with Crippen molar-refractivity contribution in [3.63, 3.8) is 0 Å². The SMILES string of the molecule is Cc1cc(C(=O)Nc2nc(-c3ccc(C(C)C)cc3)cs2)nn1C(C)C. The second-order valence-electron chi connectivity index (χ2n) is 6.98. The zero-order chi connectivity index (χ0) is 18.8. The van der Waals surface area contributed by atoms with Crippen LogP contribution in [-0.2, 0) is 0 Å². The first-order chi connectivity index (χ1) is 12.3. The van der Waals surface area contributed by atoms with Crippen molar-refractivity contribution in [2.75, 3.05) is 5.32 Å². The van der Waals surface area contributed by atoms with E-state index in [1.54, 1.807) is 6.07 Å². The van der Waals surface area contributed by atoms with Crippen molar-refractivity contribution in [1.82, 2.24) is 14.8 Å². The van der Waals surface area contributed by atoms with Crippen LogP contribution >= 0.6 is 11.3 Å². The van der Waals surface area contributed by atoms with Crippen molar-refractivity contribution in [2.45, 2.75) is 46.6 Å². The van der Waals surface area contributed by atoms with Gasteiger partial charge in [-0.15, -0.1) is 11.3 Å². The molecule has 26 heavy (non-hydrogen) atoms. The molecule has 0 fully saturated rings. The molecule has 2 heterocycles. The van der Waals surface area contributed by atoms with Crippen LogP contribution in [0.5, 0.6) is 0 Å². The Balaban J connectivity index is 1.74. The Morgan fingerprint density at radius 2 is 1.85 bits per heavy atom. The summed E-state index contributed by atoms with van der Waals surface area (Å²) in [5.41, 5.74) is 4.59. The molecule has 0 bridgehead atoms. The number of hydrogen-bond donors (Lipinski definition) is 1. The van der Waals surface area contributed by atoms with Gasteiger partial charge in [0, 0.05) is 22.7 Å². The standard InChI is InChI=1S/C20H24N4OS/c1-12(2)15-6-8-16(9-7-15)18-11-26-20(21-18)22-19(25)17-10-14(5)24(23-17)13(3)4/h6-13H,1-5H3,(H,21,22,25). The predicted molar refractivity (Wildman–Crippen MR) is 107 cm³/mol. The summed E-state index contributed by atoms with van der Waals surface area (Å²) >= 11 is 1.42. The van der Waals surface area contributed by atoms with E-state index in [1.165, 1.54) is 16.9 Å². The summed E-state index contributed by atoms with van der Waals surface area (Å²) in [6.07, 6.45) is 0. The van der Waals surface area contributed by atoms with Gasteiger partial charge < -0.3 is 0 Å². The third-order valence-electron chi connectivity index (χ3n) is 4.24. The minimum absolute atomic E-state index is 0.219. The van der Waals surface area contributed by atoms with E-state index in [-0.39, 0.29) is 11.9 Å². The van der Waals surface area contributed by atoms with Crippen molar-refractivity contribution < 1.29 is 4.79 Å². The smallest absolute Gasteiger partial charge is 0.277 e. The van der Waals surface area contributed by atoms with E-state index in [9.17, 15) is 4.79 Å². The minimum atomic E-state index is -0.233. The molecule has 2 aromatic heterocycles. The normalized spacial score (nSPS) is 11.3. The molecule has 6 heteroatoms. The predicted octanol–water partition coefficient (Wildman–Crippen LogP) is 5.27. The first kappa shape index (κ1) is 18.3. The monoisotopic (exact) mass is 368 g/mol. The average molecular weight is 369 g/mol. The summed E-state index contributed by atoms with van der Waals surface area (Å²) in [6, 6.07) is 10.4. The molecule has 0 saturated carbocycles. The zero-order valence-corrected chi connectivity index (χ0v) is 16.6. The Labute approximate surface area is 158 Å². The number of benzene rings is 1. The molecular formula is C20H24N4OS. The molecular weight excluding hydrogens is 344 g/mol. The second-order valence-corrected chi connectivity index (χ2v) is 7.84. The molecule has 0 spiro atoms. The van der Waals surface area contributed by atoms with E-state index >= 15 is 0 Å². The van der Waals surface area contributed by atoms with E-state index in [0.29, 0.717) is 16.7 Å². The minimum Gasteiger partial charge on any atom is -0.296 e. The number of hydrogen-bond acceptors (Lipinski definition) is 4. The number of carbonyl (C=O) groups is 1. The van der Waals surface area contributed by atoms with Gasteiger partial charge >= 0.3 is 0 Å². The molecule has 3 rings (SSSR count). The highest BCUT2D eigenvalue weighted by atomic mass is 32.1. The van der Waals surface area contributed by atoms with Crippen molar-refractivity contribution >= 4 is 22.4 Å². The molecule has 0 radical (unpaired) electrons. The van der Waals surface area contributed by atoms with E-state index < -0.39 is 0 Å². The topological polar surface area (TPSA) is 59.8 Å². The third-order valence-corrected chi connectivity index (χ3v) is 5.00. The van der Waals surface area contributed by atoms with Gasteiger partial charge in [-0.1, -0.05) is 38.1 Å². The number of amides is 1. The Morgan fingerprint density at radius 1 is 1.15 bits per heavy atom. The maximum Gasteiger partial charge on any atom is 0.277 e. The lowest BCUT2D eigenvalue weighted by Crippen LogP contribution is -2.13. The number of nitrogens with zero attached hydrogens (tertiary/aromatic N) is 3. The summed E-state index contributed by atoms with van der Waals surface area (Å²) in [4.78, 5) is 17.0. The summed E-state index contributed by atoms with van der Waals surface area (Å²) < 4.78 is 1.85. The van der Waals surface area contributed by atoms with Crippen LogP contribution in [0.1, 0.15) is 61.4 Å². The van der Waals surface area contributed by atoms with E-state index in [4.69, 9.17) is 0 Å². The fourth-order valence-corrected chi connectivity index (χ4v) is 3.50. The summed E-state index contributed by atoms with van der Waals surface area (Å²) in [7, 11) is 0. The Bertz CT molecular complexity index is 906. The Hall–Kier alpha value is -2.47. The number of aromatic nitrogens is 3. The van der Waals surface area contributed by atoms with Crippen LogP contribution in [0.25, 0.3) is 11.3 Å². The number of anilines is 1. The van der Waals surface area contributed by atoms with Gasteiger partial charge in [-0.2, -0.15) is 5.10 Å². The lowest BCUT2D eigenvalue weighted by molar-refractivity contribution is 0.102. The van der Waals surface area contributed by atoms with E-state index in [1.807, 2.05) is 30.8 Å². The molecule has 0 unspecified atom stereocenters. The molecule has 0 aliphatic rings. The summed E-state index contributed by atoms with van der Waals surface area (Å²) in [6.45, 7) is 10.4. The number of carbonyl (C=O) groups excluding carboxylic acids is 1. The molecule has 0 atom stereocenters. The van der Waals surface area contributed by atoms with Gasteiger partial charge in [0.05, 0.1) is 5.69 Å². The molecule has 0 aliphatic heterocycles. The fourth-order valence-electron chi connectivity index (χ4n) is 2.79. The molecule has 136 valence electrons. The van der Waals surface area contributed by atoms with Gasteiger partial charge in [-0.05, 0) is 38.3 Å². The summed E-state index contributed by atoms with van der Waals surface area (Å²) in [5.74, 6) is 0.270. The first-order valence-electron chi connectivity index (χ1n) is 8.78. The van der Waals surface area contributed by atoms with Gasteiger partial charge in [0.2, 0.25) is 0 Å². The van der Waals surface area contributed by atoms with Crippen molar-refractivity contribution in [2.24, 2.45) is 0 Å². The third kappa shape index (κ3) is 3.85. The lowest BCUT2D eigenvalue weighted by Gasteiger charge is -2.06. The highest BCUT2D eigenvalue weighted by molar-refractivity contribution is 7.14. The number of rotatable bonds is 5. The molecule has 0 saturated heterocycles. The van der Waals surface area contributed by atoms with Gasteiger partial charge in [-0.3, -0.25) is 14.8 Å². The molecule has 3 aromatic rings. The molecule has 5 nitrogen and oxygen atoms in total. The van der Waals surface area contributed by atoms with Crippen LogP contribution in [0.2, 0.25) is 0 Å². The van der Waals surface area contributed by atoms with Gasteiger partial charge in [0.15, 0.2) is 10.8 Å². The molecule has 0 aliphatic carbocycles. The lowest BCUT2D eigenvalue weighted by atomic mass is 10.0. The maximum atomic E-state index is 12.4. The van der Waals surface area contributed by atoms with Gasteiger partial charge in [0.1, 0.15) is 0 Å². The number of aryl methyl sites for hydroxylation is 1. The number of nitrogens with one attached hydrogen (secondary N) is 1. The van der Waals surface area contributed by atoms with Gasteiger partial charge in [-0.25, -0.2) is 4.98 Å². The highest BCUT2D eigenvalue weighted by Gasteiger charge is 2.15. The molecule has 1 aromatic carbocycles. The van der Waals surface area contributed by atoms with Crippen LogP contribution < -0.4 is 5.32 Å². The van der Waals surface area contributed by atoms with Crippen molar-refractivity contribution in [3.8, 4) is 11.3 Å². The maximum absolute atomic E-state index is 12.4. The van der Waals surface area contributed by atoms with Crippen LogP contribution in [0, 0.1) is 6.92 Å². The van der Waals surface area contributed by atoms with Crippen LogP contribution in [0.3, 0.4) is 0 Å². The highest BCUT2D eigenvalue weighted by Crippen LogP contribution is 2.26. The van der Waals surface area contributed by atoms with Crippen molar-refractivity contribution in [3.05, 3.63) is 52.7 Å². The molecule has 1 amide bonds. The first-order valence-corrected chi connectivity index (χ1v) is 9.66. The zero-order valence-electron chi connectivity index (χ0n) is 15.8. The van der Waals surface area contributed by atoms with Gasteiger partial charge in [0.25, 0.3) is 5.91 Å². The summed E-state index contributed by atoms with van der Waals surface area (Å²) in [5, 5.41) is 9.76. The average Bonchev–Trinajstić information content (AvgIpc) is 3.21. The Morgan fingerprint density at radius 3 is 2.42 bits per heavy atom. The Kier molecular flexibility index (Phi) is 5.23. The van der Waals surface area contributed by atoms with Crippen LogP contribution in [0.15, 0.2) is 35.7 Å². The largest absolute Gasteiger partial charge is 0.296 e. The van der Waals surface area contributed by atoms with Crippen LogP contribution in [-0.4, -0.2) is 20.7 Å². The van der Waals surface area contributed by atoms with Crippen molar-refractivity contribution in [1.29, 1.82) is 0 Å².